The summed E-state index contributed by atoms with van der Waals surface area (Å²) in [5, 5.41) is 11.9. The molecule has 1 N–H and O–H groups in total. The van der Waals surface area contributed by atoms with Gasteiger partial charge in [0.15, 0.2) is 0 Å². The Morgan fingerprint density at radius 2 is 1.83 bits per heavy atom. The molecule has 0 aliphatic heterocycles. The van der Waals surface area contributed by atoms with Crippen molar-refractivity contribution in [2.75, 3.05) is 6.54 Å². The van der Waals surface area contributed by atoms with Gasteiger partial charge in [0.1, 0.15) is 13.2 Å². The molecule has 0 unspecified atom stereocenters. The van der Waals surface area contributed by atoms with Crippen LogP contribution in [0, 0.1) is 11.3 Å². The molecule has 0 aliphatic rings. The second-order valence-electron chi connectivity index (χ2n) is 4.62. The van der Waals surface area contributed by atoms with E-state index in [1.807, 2.05) is 6.07 Å². The van der Waals surface area contributed by atoms with Gasteiger partial charge in [0.25, 0.3) is 5.91 Å². The molecular weight excluding hydrogens is 316 g/mol. The lowest BCUT2D eigenvalue weighted by atomic mass is 10.1. The van der Waals surface area contributed by atoms with Crippen molar-refractivity contribution < 1.29 is 14.3 Å². The molecule has 2 aromatic rings. The molecule has 6 heteroatoms. The van der Waals surface area contributed by atoms with Gasteiger partial charge < -0.3 is 10.1 Å². The lowest BCUT2D eigenvalue weighted by molar-refractivity contribution is -0.143. The summed E-state index contributed by atoms with van der Waals surface area (Å²) < 4.78 is 5.05. The number of hydrogen-bond acceptors (Lipinski definition) is 4. The maximum Gasteiger partial charge on any atom is 0.325 e. The molecule has 0 fully saturated rings. The third kappa shape index (κ3) is 4.83. The molecule has 0 atom stereocenters. The van der Waals surface area contributed by atoms with E-state index in [0.717, 1.165) is 0 Å². The summed E-state index contributed by atoms with van der Waals surface area (Å²) in [6.45, 7) is -0.268. The number of carbonyl (C=O) groups is 2. The van der Waals surface area contributed by atoms with Gasteiger partial charge in [-0.05, 0) is 30.3 Å². The van der Waals surface area contributed by atoms with Crippen LogP contribution in [0.5, 0.6) is 0 Å². The van der Waals surface area contributed by atoms with Gasteiger partial charge in [-0.2, -0.15) is 5.26 Å². The number of nitrogens with zero attached hydrogens (tertiary/aromatic N) is 1. The summed E-state index contributed by atoms with van der Waals surface area (Å²) in [4.78, 5) is 23.5. The Labute approximate surface area is 138 Å². The molecule has 0 heterocycles. The number of nitrogens with one attached hydrogen (secondary N) is 1. The van der Waals surface area contributed by atoms with E-state index in [-0.39, 0.29) is 13.2 Å². The van der Waals surface area contributed by atoms with Crippen LogP contribution >= 0.6 is 11.6 Å². The average molecular weight is 329 g/mol. The first kappa shape index (κ1) is 16.5. The van der Waals surface area contributed by atoms with Crippen LogP contribution < -0.4 is 5.32 Å². The number of esters is 1. The summed E-state index contributed by atoms with van der Waals surface area (Å²) in [7, 11) is 0. The zero-order valence-corrected chi connectivity index (χ0v) is 12.8. The Bertz CT molecular complexity index is 751. The van der Waals surface area contributed by atoms with Gasteiger partial charge in [0.2, 0.25) is 0 Å². The van der Waals surface area contributed by atoms with Crippen LogP contribution in [0.3, 0.4) is 0 Å². The standard InChI is InChI=1S/C17H13ClN2O3/c18-15-7-5-12(6-8-15)17(22)20-10-16(21)23-11-14-4-2-1-3-13(14)9-19/h1-8H,10-11H2,(H,20,22). The van der Waals surface area contributed by atoms with Crippen molar-refractivity contribution in [3.05, 3.63) is 70.2 Å². The lowest BCUT2D eigenvalue weighted by Crippen LogP contribution is -2.30. The molecule has 0 saturated heterocycles. The van der Waals surface area contributed by atoms with Gasteiger partial charge in [-0.3, -0.25) is 9.59 Å². The van der Waals surface area contributed by atoms with E-state index >= 15 is 0 Å². The summed E-state index contributed by atoms with van der Waals surface area (Å²) in [5.41, 5.74) is 1.47. The first-order valence-electron chi connectivity index (χ1n) is 6.77. The molecule has 0 radical (unpaired) electrons. The summed E-state index contributed by atoms with van der Waals surface area (Å²) in [6, 6.07) is 15.2. The third-order valence-corrected chi connectivity index (χ3v) is 3.28. The van der Waals surface area contributed by atoms with Crippen LogP contribution in [0.15, 0.2) is 48.5 Å². The van der Waals surface area contributed by atoms with E-state index in [1.165, 1.54) is 0 Å². The van der Waals surface area contributed by atoms with E-state index in [0.29, 0.717) is 21.7 Å². The molecule has 0 spiro atoms. The zero-order chi connectivity index (χ0) is 16.7. The van der Waals surface area contributed by atoms with Crippen molar-refractivity contribution in [1.29, 1.82) is 5.26 Å². The monoisotopic (exact) mass is 328 g/mol. The first-order valence-corrected chi connectivity index (χ1v) is 7.15. The van der Waals surface area contributed by atoms with Crippen LogP contribution in [-0.4, -0.2) is 18.4 Å². The molecule has 0 bridgehead atoms. The highest BCUT2D eigenvalue weighted by Crippen LogP contribution is 2.10. The Kier molecular flexibility index (Phi) is 5.73. The predicted octanol–water partition coefficient (Wildman–Crippen LogP) is 2.68. The molecule has 2 aromatic carbocycles. The van der Waals surface area contributed by atoms with Crippen LogP contribution in [0.1, 0.15) is 21.5 Å². The van der Waals surface area contributed by atoms with Crippen molar-refractivity contribution in [2.24, 2.45) is 0 Å². The molecule has 2 rings (SSSR count). The quantitative estimate of drug-likeness (QED) is 0.856. The second kappa shape index (κ2) is 7.97. The van der Waals surface area contributed by atoms with Gasteiger partial charge in [0, 0.05) is 16.1 Å². The topological polar surface area (TPSA) is 79.2 Å². The number of halogens is 1. The van der Waals surface area contributed by atoms with E-state index in [4.69, 9.17) is 21.6 Å². The van der Waals surface area contributed by atoms with Crippen molar-refractivity contribution in [3.63, 3.8) is 0 Å². The van der Waals surface area contributed by atoms with Gasteiger partial charge in [0.05, 0.1) is 11.6 Å². The predicted molar refractivity (Wildman–Crippen MR) is 84.7 cm³/mol. The molecule has 23 heavy (non-hydrogen) atoms. The van der Waals surface area contributed by atoms with Gasteiger partial charge in [-0.25, -0.2) is 0 Å². The van der Waals surface area contributed by atoms with E-state index in [9.17, 15) is 9.59 Å². The molecular formula is C17H13ClN2O3. The highest BCUT2D eigenvalue weighted by molar-refractivity contribution is 6.30. The van der Waals surface area contributed by atoms with Crippen molar-refractivity contribution in [1.82, 2.24) is 5.32 Å². The van der Waals surface area contributed by atoms with Crippen LogP contribution in [0.2, 0.25) is 5.02 Å². The fraction of sp³-hybridized carbons (Fsp3) is 0.118. The number of carbonyl (C=O) groups excluding carboxylic acids is 2. The minimum atomic E-state index is -0.583. The lowest BCUT2D eigenvalue weighted by Gasteiger charge is -2.07. The maximum absolute atomic E-state index is 11.8. The average Bonchev–Trinajstić information content (AvgIpc) is 2.58. The Morgan fingerprint density at radius 1 is 1.13 bits per heavy atom. The minimum Gasteiger partial charge on any atom is -0.459 e. The molecule has 0 aromatic heterocycles. The highest BCUT2D eigenvalue weighted by Gasteiger charge is 2.10. The molecule has 116 valence electrons. The van der Waals surface area contributed by atoms with Crippen molar-refractivity contribution >= 4 is 23.5 Å². The summed E-state index contributed by atoms with van der Waals surface area (Å²) >= 11 is 5.74. The second-order valence-corrected chi connectivity index (χ2v) is 5.06. The van der Waals surface area contributed by atoms with Crippen molar-refractivity contribution in [2.45, 2.75) is 6.61 Å². The van der Waals surface area contributed by atoms with E-state index < -0.39 is 11.9 Å². The molecule has 0 aliphatic carbocycles. The van der Waals surface area contributed by atoms with E-state index in [2.05, 4.69) is 5.32 Å². The van der Waals surface area contributed by atoms with Crippen LogP contribution in [-0.2, 0) is 16.1 Å². The number of nitriles is 1. The van der Waals surface area contributed by atoms with Crippen LogP contribution in [0.25, 0.3) is 0 Å². The number of ether oxygens (including phenoxy) is 1. The summed E-state index contributed by atoms with van der Waals surface area (Å²) in [5.74, 6) is -0.976. The maximum atomic E-state index is 11.8. The number of benzene rings is 2. The van der Waals surface area contributed by atoms with Gasteiger partial charge >= 0.3 is 5.97 Å². The smallest absolute Gasteiger partial charge is 0.325 e. The molecule has 5 nitrogen and oxygen atoms in total. The summed E-state index contributed by atoms with van der Waals surface area (Å²) in [6.07, 6.45) is 0. The Hall–Kier alpha value is -2.84. The Morgan fingerprint density at radius 3 is 2.52 bits per heavy atom. The van der Waals surface area contributed by atoms with Gasteiger partial charge in [-0.1, -0.05) is 29.8 Å². The SMILES string of the molecule is N#Cc1ccccc1COC(=O)CNC(=O)c1ccc(Cl)cc1. The largest absolute Gasteiger partial charge is 0.459 e. The van der Waals surface area contributed by atoms with Gasteiger partial charge in [-0.15, -0.1) is 0 Å². The first-order chi connectivity index (χ1) is 11.1. The number of amides is 1. The third-order valence-electron chi connectivity index (χ3n) is 3.03. The fourth-order valence-electron chi connectivity index (χ4n) is 1.82. The molecule has 1 amide bonds. The number of rotatable bonds is 5. The normalized spacial score (nSPS) is 9.74. The Balaban J connectivity index is 1.82. The van der Waals surface area contributed by atoms with Crippen LogP contribution in [0.4, 0.5) is 0 Å². The minimum absolute atomic E-state index is 0.0145. The van der Waals surface area contributed by atoms with E-state index in [1.54, 1.807) is 48.5 Å². The fourth-order valence-corrected chi connectivity index (χ4v) is 1.95. The highest BCUT2D eigenvalue weighted by atomic mass is 35.5. The van der Waals surface area contributed by atoms with Crippen molar-refractivity contribution in [3.8, 4) is 6.07 Å². The zero-order valence-electron chi connectivity index (χ0n) is 12.1. The molecule has 0 saturated carbocycles. The number of hydrogen-bond donors (Lipinski definition) is 1.